The Kier molecular flexibility index (Phi) is 3.72. The fourth-order valence-electron chi connectivity index (χ4n) is 1.64. The molecule has 15 heavy (non-hydrogen) atoms. The lowest BCUT2D eigenvalue weighted by molar-refractivity contribution is 0.244. The second kappa shape index (κ2) is 4.64. The van der Waals surface area contributed by atoms with Crippen LogP contribution in [0.3, 0.4) is 0 Å². The van der Waals surface area contributed by atoms with Gasteiger partial charge in [-0.1, -0.05) is 17.7 Å². The lowest BCUT2D eigenvalue weighted by Crippen LogP contribution is -2.34. The summed E-state index contributed by atoms with van der Waals surface area (Å²) in [5.41, 5.74) is 7.69. The Morgan fingerprint density at radius 2 is 2.13 bits per heavy atom. The van der Waals surface area contributed by atoms with Crippen molar-refractivity contribution >= 4 is 0 Å². The highest BCUT2D eigenvalue weighted by atomic mass is 16.5. The maximum atomic E-state index is 8.98. The Morgan fingerprint density at radius 1 is 1.47 bits per heavy atom. The molecule has 1 rings (SSSR count). The molecule has 0 aliphatic rings. The second-order valence-corrected chi connectivity index (χ2v) is 4.09. The summed E-state index contributed by atoms with van der Waals surface area (Å²) in [6.45, 7) is 3.99. The molecule has 0 heterocycles. The van der Waals surface area contributed by atoms with Crippen LogP contribution < -0.4 is 10.5 Å². The molecule has 0 saturated carbocycles. The van der Waals surface area contributed by atoms with Gasteiger partial charge in [0.05, 0.1) is 7.11 Å². The summed E-state index contributed by atoms with van der Waals surface area (Å²) in [6.07, 6.45) is 0.521. The van der Waals surface area contributed by atoms with Crippen LogP contribution in [0.1, 0.15) is 24.5 Å². The van der Waals surface area contributed by atoms with Crippen LogP contribution in [0.25, 0.3) is 0 Å². The number of rotatable bonds is 4. The Balaban J connectivity index is 3.15. The second-order valence-electron chi connectivity index (χ2n) is 4.09. The highest BCUT2D eigenvalue weighted by Gasteiger charge is 2.24. The van der Waals surface area contributed by atoms with E-state index < -0.39 is 5.54 Å². The van der Waals surface area contributed by atoms with Crippen molar-refractivity contribution in [1.82, 2.24) is 0 Å². The van der Waals surface area contributed by atoms with Gasteiger partial charge in [-0.2, -0.15) is 0 Å². The molecule has 0 aromatic heterocycles. The van der Waals surface area contributed by atoms with E-state index in [1.165, 1.54) is 0 Å². The fraction of sp³-hybridized carbons (Fsp3) is 0.500. The molecular formula is C12H19NO2. The fourth-order valence-corrected chi connectivity index (χ4v) is 1.64. The number of aryl methyl sites for hydroxylation is 1. The van der Waals surface area contributed by atoms with E-state index in [0.29, 0.717) is 6.42 Å². The first-order valence-electron chi connectivity index (χ1n) is 5.06. The third-order valence-corrected chi connectivity index (χ3v) is 2.60. The smallest absolute Gasteiger partial charge is 0.123 e. The van der Waals surface area contributed by atoms with Gasteiger partial charge in [-0.15, -0.1) is 0 Å². The maximum absolute atomic E-state index is 8.98. The van der Waals surface area contributed by atoms with Gasteiger partial charge in [0.2, 0.25) is 0 Å². The van der Waals surface area contributed by atoms with Gasteiger partial charge in [-0.25, -0.2) is 0 Å². The average Bonchev–Trinajstić information content (AvgIpc) is 2.17. The first kappa shape index (κ1) is 12.0. The van der Waals surface area contributed by atoms with Crippen LogP contribution in [0.15, 0.2) is 18.2 Å². The number of benzene rings is 1. The van der Waals surface area contributed by atoms with Crippen LogP contribution in [0.4, 0.5) is 0 Å². The van der Waals surface area contributed by atoms with E-state index in [-0.39, 0.29) is 6.61 Å². The minimum atomic E-state index is -0.549. The quantitative estimate of drug-likeness (QED) is 0.791. The molecule has 0 bridgehead atoms. The number of ether oxygens (including phenoxy) is 1. The summed E-state index contributed by atoms with van der Waals surface area (Å²) in [5.74, 6) is 0.777. The summed E-state index contributed by atoms with van der Waals surface area (Å²) in [5, 5.41) is 8.98. The molecule has 3 nitrogen and oxygen atoms in total. The van der Waals surface area contributed by atoms with Crippen LogP contribution in [0.2, 0.25) is 0 Å². The maximum Gasteiger partial charge on any atom is 0.123 e. The van der Waals surface area contributed by atoms with E-state index in [1.54, 1.807) is 7.11 Å². The van der Waals surface area contributed by atoms with Crippen molar-refractivity contribution in [2.45, 2.75) is 25.8 Å². The minimum absolute atomic E-state index is 0.0735. The standard InChI is InChI=1S/C12H19NO2/c1-9-4-5-11(15-3)10(8-9)12(2,13)6-7-14/h4-5,8,14H,6-7,13H2,1-3H3. The first-order chi connectivity index (χ1) is 7.01. The third-order valence-electron chi connectivity index (χ3n) is 2.60. The molecule has 0 aliphatic carbocycles. The van der Waals surface area contributed by atoms with E-state index in [9.17, 15) is 0 Å². The summed E-state index contributed by atoms with van der Waals surface area (Å²) < 4.78 is 5.27. The predicted molar refractivity (Wildman–Crippen MR) is 61.0 cm³/mol. The molecule has 0 radical (unpaired) electrons. The van der Waals surface area contributed by atoms with Gasteiger partial charge < -0.3 is 15.6 Å². The third kappa shape index (κ3) is 2.70. The zero-order chi connectivity index (χ0) is 11.5. The van der Waals surface area contributed by atoms with Gasteiger partial charge in [-0.05, 0) is 26.3 Å². The van der Waals surface area contributed by atoms with Crippen LogP contribution in [-0.4, -0.2) is 18.8 Å². The van der Waals surface area contributed by atoms with E-state index in [0.717, 1.165) is 16.9 Å². The normalized spacial score (nSPS) is 14.7. The van der Waals surface area contributed by atoms with Crippen molar-refractivity contribution in [2.75, 3.05) is 13.7 Å². The van der Waals surface area contributed by atoms with Crippen molar-refractivity contribution in [3.63, 3.8) is 0 Å². The van der Waals surface area contributed by atoms with Gasteiger partial charge in [0, 0.05) is 17.7 Å². The topological polar surface area (TPSA) is 55.5 Å². The Hall–Kier alpha value is -1.06. The van der Waals surface area contributed by atoms with Gasteiger partial charge >= 0.3 is 0 Å². The lowest BCUT2D eigenvalue weighted by atomic mass is 9.88. The average molecular weight is 209 g/mol. The number of aliphatic hydroxyl groups excluding tert-OH is 1. The number of aliphatic hydroxyl groups is 1. The summed E-state index contributed by atoms with van der Waals surface area (Å²) in [4.78, 5) is 0. The zero-order valence-electron chi connectivity index (χ0n) is 9.58. The number of hydrogen-bond donors (Lipinski definition) is 2. The zero-order valence-corrected chi connectivity index (χ0v) is 9.58. The molecule has 3 heteroatoms. The predicted octanol–water partition coefficient (Wildman–Crippen LogP) is 1.56. The Morgan fingerprint density at radius 3 is 2.67 bits per heavy atom. The van der Waals surface area contributed by atoms with E-state index >= 15 is 0 Å². The number of methoxy groups -OCH3 is 1. The van der Waals surface area contributed by atoms with Crippen molar-refractivity contribution in [3.05, 3.63) is 29.3 Å². The highest BCUT2D eigenvalue weighted by Crippen LogP contribution is 2.30. The Bertz CT molecular complexity index is 334. The van der Waals surface area contributed by atoms with E-state index in [2.05, 4.69) is 0 Å². The van der Waals surface area contributed by atoms with Gasteiger partial charge in [0.25, 0.3) is 0 Å². The monoisotopic (exact) mass is 209 g/mol. The first-order valence-corrected chi connectivity index (χ1v) is 5.06. The Labute approximate surface area is 90.9 Å². The van der Waals surface area contributed by atoms with Crippen molar-refractivity contribution in [2.24, 2.45) is 5.73 Å². The molecule has 1 atom stereocenters. The molecule has 0 spiro atoms. The molecule has 1 aromatic rings. The molecule has 0 fully saturated rings. The summed E-state index contributed by atoms with van der Waals surface area (Å²) in [6, 6.07) is 5.90. The molecule has 1 unspecified atom stereocenters. The van der Waals surface area contributed by atoms with Crippen LogP contribution in [0, 0.1) is 6.92 Å². The molecule has 3 N–H and O–H groups in total. The minimum Gasteiger partial charge on any atom is -0.496 e. The highest BCUT2D eigenvalue weighted by molar-refractivity contribution is 5.41. The van der Waals surface area contributed by atoms with Crippen molar-refractivity contribution in [3.8, 4) is 5.75 Å². The summed E-state index contributed by atoms with van der Waals surface area (Å²) >= 11 is 0. The molecule has 1 aromatic carbocycles. The largest absolute Gasteiger partial charge is 0.496 e. The SMILES string of the molecule is COc1ccc(C)cc1C(C)(N)CCO. The van der Waals surface area contributed by atoms with Gasteiger partial charge in [0.15, 0.2) is 0 Å². The molecular weight excluding hydrogens is 190 g/mol. The van der Waals surface area contributed by atoms with Crippen LogP contribution >= 0.6 is 0 Å². The van der Waals surface area contributed by atoms with Crippen molar-refractivity contribution in [1.29, 1.82) is 0 Å². The number of nitrogens with two attached hydrogens (primary N) is 1. The van der Waals surface area contributed by atoms with Crippen molar-refractivity contribution < 1.29 is 9.84 Å². The van der Waals surface area contributed by atoms with Gasteiger partial charge in [-0.3, -0.25) is 0 Å². The molecule has 84 valence electrons. The van der Waals surface area contributed by atoms with Gasteiger partial charge in [0.1, 0.15) is 5.75 Å². The van der Waals surface area contributed by atoms with Crippen LogP contribution in [-0.2, 0) is 5.54 Å². The summed E-state index contributed by atoms with van der Waals surface area (Å²) in [7, 11) is 1.63. The lowest BCUT2D eigenvalue weighted by Gasteiger charge is -2.26. The molecule has 0 aliphatic heterocycles. The van der Waals surface area contributed by atoms with Crippen LogP contribution in [0.5, 0.6) is 5.75 Å². The van der Waals surface area contributed by atoms with E-state index in [4.69, 9.17) is 15.6 Å². The number of hydrogen-bond acceptors (Lipinski definition) is 3. The van der Waals surface area contributed by atoms with E-state index in [1.807, 2.05) is 32.0 Å². The molecule has 0 saturated heterocycles. The molecule has 0 amide bonds.